The molecule has 0 unspecified atom stereocenters. The van der Waals surface area contributed by atoms with Crippen LogP contribution < -0.4 is 11.1 Å². The van der Waals surface area contributed by atoms with Crippen molar-refractivity contribution in [2.45, 2.75) is 58.4 Å². The van der Waals surface area contributed by atoms with Crippen molar-refractivity contribution in [1.29, 1.82) is 0 Å². The summed E-state index contributed by atoms with van der Waals surface area (Å²) < 4.78 is 0. The quantitative estimate of drug-likeness (QED) is 0.660. The Morgan fingerprint density at radius 3 is 2.68 bits per heavy atom. The molecule has 4 nitrogen and oxygen atoms in total. The number of nitrogens with one attached hydrogen (secondary N) is 1. The third kappa shape index (κ3) is 6.92. The van der Waals surface area contributed by atoms with Gasteiger partial charge in [-0.05, 0) is 51.2 Å². The molecule has 0 radical (unpaired) electrons. The predicted octanol–water partition coefficient (Wildman–Crippen LogP) is 1.74. The van der Waals surface area contributed by atoms with Gasteiger partial charge in [0.15, 0.2) is 0 Å². The SMILES string of the molecule is CCCC[C@H](N)C(=O)NCCCN1CCC(C)CC1. The highest BCUT2D eigenvalue weighted by atomic mass is 16.2. The average molecular weight is 269 g/mol. The summed E-state index contributed by atoms with van der Waals surface area (Å²) in [6.07, 6.45) is 6.57. The van der Waals surface area contributed by atoms with Crippen LogP contribution in [0.15, 0.2) is 0 Å². The van der Waals surface area contributed by atoms with Gasteiger partial charge >= 0.3 is 0 Å². The summed E-state index contributed by atoms with van der Waals surface area (Å²) in [7, 11) is 0. The molecule has 1 fully saturated rings. The van der Waals surface area contributed by atoms with Crippen molar-refractivity contribution in [3.8, 4) is 0 Å². The Bertz CT molecular complexity index is 250. The van der Waals surface area contributed by atoms with Crippen molar-refractivity contribution < 1.29 is 4.79 Å². The van der Waals surface area contributed by atoms with Crippen LogP contribution in [0.5, 0.6) is 0 Å². The van der Waals surface area contributed by atoms with Crippen LogP contribution in [-0.2, 0) is 4.79 Å². The molecule has 0 spiro atoms. The average Bonchev–Trinajstić information content (AvgIpc) is 2.42. The molecule has 19 heavy (non-hydrogen) atoms. The molecule has 4 heteroatoms. The third-order valence-electron chi connectivity index (χ3n) is 4.03. The molecule has 0 aromatic heterocycles. The minimum Gasteiger partial charge on any atom is -0.355 e. The van der Waals surface area contributed by atoms with Gasteiger partial charge in [-0.2, -0.15) is 0 Å². The van der Waals surface area contributed by atoms with E-state index in [0.29, 0.717) is 0 Å². The lowest BCUT2D eigenvalue weighted by Crippen LogP contribution is -2.42. The topological polar surface area (TPSA) is 58.4 Å². The van der Waals surface area contributed by atoms with Crippen LogP contribution in [0.4, 0.5) is 0 Å². The zero-order valence-electron chi connectivity index (χ0n) is 12.7. The summed E-state index contributed by atoms with van der Waals surface area (Å²) in [4.78, 5) is 14.2. The standard InChI is InChI=1S/C15H31N3O/c1-3-4-6-14(16)15(19)17-9-5-10-18-11-7-13(2)8-12-18/h13-14H,3-12,16H2,1-2H3,(H,17,19)/t14-/m0/s1. The molecule has 0 aromatic rings. The second-order valence-electron chi connectivity index (χ2n) is 5.92. The van der Waals surface area contributed by atoms with Crippen molar-refractivity contribution in [2.75, 3.05) is 26.2 Å². The van der Waals surface area contributed by atoms with Gasteiger partial charge in [0, 0.05) is 6.54 Å². The maximum absolute atomic E-state index is 11.7. The third-order valence-corrected chi connectivity index (χ3v) is 4.03. The van der Waals surface area contributed by atoms with Crippen LogP contribution >= 0.6 is 0 Å². The van der Waals surface area contributed by atoms with E-state index in [-0.39, 0.29) is 11.9 Å². The first kappa shape index (κ1) is 16.4. The maximum Gasteiger partial charge on any atom is 0.236 e. The Balaban J connectivity index is 2.02. The number of nitrogens with zero attached hydrogens (tertiary/aromatic N) is 1. The molecule has 1 amide bonds. The normalized spacial score (nSPS) is 19.3. The fourth-order valence-electron chi connectivity index (χ4n) is 2.49. The molecular formula is C15H31N3O. The molecule has 1 aliphatic heterocycles. The number of hydrogen-bond donors (Lipinski definition) is 2. The minimum absolute atomic E-state index is 0.0146. The summed E-state index contributed by atoms with van der Waals surface area (Å²) in [5, 5.41) is 2.95. The Morgan fingerprint density at radius 1 is 1.37 bits per heavy atom. The fourth-order valence-corrected chi connectivity index (χ4v) is 2.49. The molecular weight excluding hydrogens is 238 g/mol. The molecule has 0 bridgehead atoms. The van der Waals surface area contributed by atoms with Crippen LogP contribution in [0.2, 0.25) is 0 Å². The fraction of sp³-hybridized carbons (Fsp3) is 0.933. The lowest BCUT2D eigenvalue weighted by Gasteiger charge is -2.30. The van der Waals surface area contributed by atoms with Gasteiger partial charge in [-0.25, -0.2) is 0 Å². The van der Waals surface area contributed by atoms with E-state index in [9.17, 15) is 4.79 Å². The van der Waals surface area contributed by atoms with E-state index in [1.54, 1.807) is 0 Å². The van der Waals surface area contributed by atoms with Crippen LogP contribution in [0.3, 0.4) is 0 Å². The van der Waals surface area contributed by atoms with Gasteiger partial charge < -0.3 is 16.0 Å². The maximum atomic E-state index is 11.7. The first-order valence-electron chi connectivity index (χ1n) is 7.89. The smallest absolute Gasteiger partial charge is 0.236 e. The van der Waals surface area contributed by atoms with E-state index in [4.69, 9.17) is 5.73 Å². The number of likely N-dealkylation sites (tertiary alicyclic amines) is 1. The molecule has 1 rings (SSSR count). The number of piperidine rings is 1. The number of hydrogen-bond acceptors (Lipinski definition) is 3. The summed E-state index contributed by atoms with van der Waals surface area (Å²) in [5.74, 6) is 0.897. The molecule has 0 aromatic carbocycles. The zero-order valence-corrected chi connectivity index (χ0v) is 12.7. The molecule has 3 N–H and O–H groups in total. The van der Waals surface area contributed by atoms with E-state index in [1.165, 1.54) is 25.9 Å². The highest BCUT2D eigenvalue weighted by Gasteiger charge is 2.15. The Hall–Kier alpha value is -0.610. The monoisotopic (exact) mass is 269 g/mol. The van der Waals surface area contributed by atoms with Crippen LogP contribution in [0.25, 0.3) is 0 Å². The summed E-state index contributed by atoms with van der Waals surface area (Å²) in [5.41, 5.74) is 5.82. The van der Waals surface area contributed by atoms with Crippen LogP contribution in [0.1, 0.15) is 52.4 Å². The van der Waals surface area contributed by atoms with Crippen molar-refractivity contribution >= 4 is 5.91 Å². The van der Waals surface area contributed by atoms with E-state index in [1.807, 2.05) is 0 Å². The summed E-state index contributed by atoms with van der Waals surface area (Å²) >= 11 is 0. The first-order chi connectivity index (χ1) is 9.13. The Kier molecular flexibility index (Phi) is 8.07. The molecule has 112 valence electrons. The number of amides is 1. The number of rotatable bonds is 8. The molecule has 1 saturated heterocycles. The molecule has 1 heterocycles. The highest BCUT2D eigenvalue weighted by Crippen LogP contribution is 2.15. The predicted molar refractivity (Wildman–Crippen MR) is 80.0 cm³/mol. The summed E-state index contributed by atoms with van der Waals surface area (Å²) in [6.45, 7) is 8.72. The molecule has 0 aliphatic carbocycles. The second-order valence-corrected chi connectivity index (χ2v) is 5.92. The van der Waals surface area contributed by atoms with Crippen LogP contribution in [0, 0.1) is 5.92 Å². The van der Waals surface area contributed by atoms with Crippen molar-refractivity contribution in [1.82, 2.24) is 10.2 Å². The van der Waals surface area contributed by atoms with E-state index >= 15 is 0 Å². The van der Waals surface area contributed by atoms with Gasteiger partial charge in [-0.3, -0.25) is 4.79 Å². The largest absolute Gasteiger partial charge is 0.355 e. The molecule has 1 atom stereocenters. The highest BCUT2D eigenvalue weighted by molar-refractivity contribution is 5.81. The van der Waals surface area contributed by atoms with Gasteiger partial charge in [0.2, 0.25) is 5.91 Å². The van der Waals surface area contributed by atoms with Gasteiger partial charge in [-0.1, -0.05) is 26.7 Å². The lowest BCUT2D eigenvalue weighted by molar-refractivity contribution is -0.122. The van der Waals surface area contributed by atoms with E-state index in [2.05, 4.69) is 24.1 Å². The van der Waals surface area contributed by atoms with Gasteiger partial charge in [0.05, 0.1) is 6.04 Å². The number of unbranched alkanes of at least 4 members (excludes halogenated alkanes) is 1. The molecule has 1 aliphatic rings. The second kappa shape index (κ2) is 9.32. The number of carbonyl (C=O) groups excluding carboxylic acids is 1. The van der Waals surface area contributed by atoms with Crippen molar-refractivity contribution in [2.24, 2.45) is 11.7 Å². The van der Waals surface area contributed by atoms with Crippen molar-refractivity contribution in [3.05, 3.63) is 0 Å². The van der Waals surface area contributed by atoms with Gasteiger partial charge in [-0.15, -0.1) is 0 Å². The van der Waals surface area contributed by atoms with E-state index < -0.39 is 0 Å². The summed E-state index contributed by atoms with van der Waals surface area (Å²) in [6, 6.07) is -0.323. The zero-order chi connectivity index (χ0) is 14.1. The van der Waals surface area contributed by atoms with Gasteiger partial charge in [0.1, 0.15) is 0 Å². The van der Waals surface area contributed by atoms with Crippen LogP contribution in [-0.4, -0.2) is 43.0 Å². The van der Waals surface area contributed by atoms with E-state index in [0.717, 1.165) is 44.7 Å². The number of nitrogens with two attached hydrogens (primary N) is 1. The first-order valence-corrected chi connectivity index (χ1v) is 7.89. The Morgan fingerprint density at radius 2 is 2.05 bits per heavy atom. The van der Waals surface area contributed by atoms with Gasteiger partial charge in [0.25, 0.3) is 0 Å². The lowest BCUT2D eigenvalue weighted by atomic mass is 9.99. The minimum atomic E-state index is -0.323. The number of carbonyl (C=O) groups is 1. The van der Waals surface area contributed by atoms with Crippen molar-refractivity contribution in [3.63, 3.8) is 0 Å². The Labute approximate surface area is 118 Å². The molecule has 0 saturated carbocycles.